The van der Waals surface area contributed by atoms with Crippen molar-refractivity contribution in [3.63, 3.8) is 0 Å². The fraction of sp³-hybridized carbons (Fsp3) is 0.125. The molecule has 0 fully saturated rings. The van der Waals surface area contributed by atoms with Crippen LogP contribution in [0, 0.1) is 6.92 Å². The Morgan fingerprint density at radius 3 is 2.61 bits per heavy atom. The van der Waals surface area contributed by atoms with Crippen molar-refractivity contribution in [2.45, 2.75) is 20.0 Å². The SMILES string of the molecule is Cc1cccc2sc(N(Cc3ccccc3)C(=O)Cn3c(=O)oc4ccccc43)nc12. The first kappa shape index (κ1) is 19.3. The maximum absolute atomic E-state index is 13.5. The molecule has 2 heterocycles. The maximum atomic E-state index is 13.5. The van der Waals surface area contributed by atoms with Gasteiger partial charge in [-0.3, -0.25) is 14.3 Å². The Labute approximate surface area is 182 Å². The largest absolute Gasteiger partial charge is 0.420 e. The number of carbonyl (C=O) groups excluding carboxylic acids is 1. The summed E-state index contributed by atoms with van der Waals surface area (Å²) in [5.41, 5.74) is 3.99. The van der Waals surface area contributed by atoms with Crippen molar-refractivity contribution >= 4 is 43.7 Å². The number of benzene rings is 3. The van der Waals surface area contributed by atoms with E-state index < -0.39 is 5.76 Å². The van der Waals surface area contributed by atoms with Crippen molar-refractivity contribution in [2.24, 2.45) is 0 Å². The molecule has 0 radical (unpaired) electrons. The summed E-state index contributed by atoms with van der Waals surface area (Å²) >= 11 is 1.47. The second-order valence-electron chi connectivity index (χ2n) is 7.31. The average Bonchev–Trinajstić information content (AvgIpc) is 3.35. The van der Waals surface area contributed by atoms with Gasteiger partial charge in [-0.25, -0.2) is 9.78 Å². The van der Waals surface area contributed by atoms with Gasteiger partial charge in [0.25, 0.3) is 0 Å². The molecule has 0 saturated carbocycles. The van der Waals surface area contributed by atoms with Crippen molar-refractivity contribution in [3.05, 3.63) is 94.5 Å². The predicted molar refractivity (Wildman–Crippen MR) is 122 cm³/mol. The van der Waals surface area contributed by atoms with Crippen LogP contribution in [-0.2, 0) is 17.9 Å². The molecule has 0 bridgehead atoms. The number of amides is 1. The van der Waals surface area contributed by atoms with Crippen LogP contribution in [0.5, 0.6) is 0 Å². The van der Waals surface area contributed by atoms with Gasteiger partial charge in [0.15, 0.2) is 10.7 Å². The Morgan fingerprint density at radius 2 is 1.81 bits per heavy atom. The van der Waals surface area contributed by atoms with Gasteiger partial charge in [-0.2, -0.15) is 0 Å². The second kappa shape index (κ2) is 7.85. The van der Waals surface area contributed by atoms with Crippen LogP contribution in [0.15, 0.2) is 82.0 Å². The quantitative estimate of drug-likeness (QED) is 0.404. The van der Waals surface area contributed by atoms with Gasteiger partial charge >= 0.3 is 5.76 Å². The van der Waals surface area contributed by atoms with Gasteiger partial charge in [-0.1, -0.05) is 65.9 Å². The molecule has 6 nitrogen and oxygen atoms in total. The van der Waals surface area contributed by atoms with Gasteiger partial charge in [0.1, 0.15) is 6.54 Å². The summed E-state index contributed by atoms with van der Waals surface area (Å²) in [5, 5.41) is 0.610. The van der Waals surface area contributed by atoms with Crippen molar-refractivity contribution in [1.29, 1.82) is 0 Å². The van der Waals surface area contributed by atoms with Gasteiger partial charge < -0.3 is 4.42 Å². The number of rotatable bonds is 5. The highest BCUT2D eigenvalue weighted by atomic mass is 32.1. The number of para-hydroxylation sites is 3. The first-order valence-electron chi connectivity index (χ1n) is 9.89. The topological polar surface area (TPSA) is 68.3 Å². The van der Waals surface area contributed by atoms with E-state index >= 15 is 0 Å². The number of oxazole rings is 1. The van der Waals surface area contributed by atoms with Gasteiger partial charge in [0.2, 0.25) is 5.91 Å². The molecule has 0 atom stereocenters. The highest BCUT2D eigenvalue weighted by Crippen LogP contribution is 2.31. The Morgan fingerprint density at radius 1 is 1.03 bits per heavy atom. The number of nitrogens with zero attached hydrogens (tertiary/aromatic N) is 3. The van der Waals surface area contributed by atoms with E-state index in [1.807, 2.05) is 61.5 Å². The summed E-state index contributed by atoms with van der Waals surface area (Å²) in [7, 11) is 0. The molecule has 0 saturated heterocycles. The van der Waals surface area contributed by atoms with Gasteiger partial charge in [-0.15, -0.1) is 0 Å². The molecule has 0 aliphatic carbocycles. The lowest BCUT2D eigenvalue weighted by Crippen LogP contribution is -2.35. The highest BCUT2D eigenvalue weighted by Gasteiger charge is 2.23. The lowest BCUT2D eigenvalue weighted by molar-refractivity contribution is -0.119. The minimum Gasteiger partial charge on any atom is -0.408 e. The zero-order chi connectivity index (χ0) is 21.4. The van der Waals surface area contributed by atoms with Crippen LogP contribution in [0.3, 0.4) is 0 Å². The van der Waals surface area contributed by atoms with Crippen LogP contribution < -0.4 is 10.7 Å². The van der Waals surface area contributed by atoms with Crippen LogP contribution in [0.1, 0.15) is 11.1 Å². The Hall–Kier alpha value is -3.71. The molecule has 31 heavy (non-hydrogen) atoms. The molecule has 2 aromatic heterocycles. The standard InChI is InChI=1S/C24H19N3O3S/c1-16-8-7-13-20-22(16)25-23(31-20)27(14-17-9-3-2-4-10-17)21(28)15-26-18-11-5-6-12-19(18)30-24(26)29/h2-13H,14-15H2,1H3. The van der Waals surface area contributed by atoms with E-state index in [1.165, 1.54) is 15.9 Å². The fourth-order valence-electron chi connectivity index (χ4n) is 3.60. The smallest absolute Gasteiger partial charge is 0.408 e. The van der Waals surface area contributed by atoms with Gasteiger partial charge in [-0.05, 0) is 36.2 Å². The monoisotopic (exact) mass is 429 g/mol. The van der Waals surface area contributed by atoms with Crippen molar-refractivity contribution in [2.75, 3.05) is 4.90 Å². The third-order valence-corrected chi connectivity index (χ3v) is 6.24. The number of aromatic nitrogens is 2. The lowest BCUT2D eigenvalue weighted by Gasteiger charge is -2.20. The Balaban J connectivity index is 1.55. The van der Waals surface area contributed by atoms with E-state index in [1.54, 1.807) is 23.1 Å². The van der Waals surface area contributed by atoms with E-state index in [9.17, 15) is 9.59 Å². The molecule has 0 aliphatic rings. The molecule has 0 unspecified atom stereocenters. The number of hydrogen-bond acceptors (Lipinski definition) is 5. The molecule has 3 aromatic carbocycles. The molecular formula is C24H19N3O3S. The first-order chi connectivity index (χ1) is 15.1. The number of aryl methyl sites for hydroxylation is 1. The number of hydrogen-bond donors (Lipinski definition) is 0. The van der Waals surface area contributed by atoms with Crippen LogP contribution in [0.2, 0.25) is 0 Å². The number of anilines is 1. The zero-order valence-electron chi connectivity index (χ0n) is 16.8. The minimum atomic E-state index is -0.547. The van der Waals surface area contributed by atoms with E-state index in [-0.39, 0.29) is 12.5 Å². The van der Waals surface area contributed by atoms with Crippen molar-refractivity contribution in [3.8, 4) is 0 Å². The number of carbonyl (C=O) groups is 1. The Bertz CT molecular complexity index is 1450. The van der Waals surface area contributed by atoms with Crippen LogP contribution in [-0.4, -0.2) is 15.5 Å². The third-order valence-electron chi connectivity index (χ3n) is 5.19. The summed E-state index contributed by atoms with van der Waals surface area (Å²) in [6, 6.07) is 22.9. The highest BCUT2D eigenvalue weighted by molar-refractivity contribution is 7.22. The molecule has 7 heteroatoms. The molecule has 0 N–H and O–H groups in total. The first-order valence-corrected chi connectivity index (χ1v) is 10.7. The second-order valence-corrected chi connectivity index (χ2v) is 8.31. The maximum Gasteiger partial charge on any atom is 0.420 e. The minimum absolute atomic E-state index is 0.127. The summed E-state index contributed by atoms with van der Waals surface area (Å²) < 4.78 is 7.68. The van der Waals surface area contributed by atoms with Crippen LogP contribution >= 0.6 is 11.3 Å². The summed E-state index contributed by atoms with van der Waals surface area (Å²) in [6.07, 6.45) is 0. The normalized spacial score (nSPS) is 11.3. The van der Waals surface area contributed by atoms with Crippen molar-refractivity contribution < 1.29 is 9.21 Å². The summed E-state index contributed by atoms with van der Waals surface area (Å²) in [4.78, 5) is 32.3. The van der Waals surface area contributed by atoms with Gasteiger partial charge in [0.05, 0.1) is 22.3 Å². The molecule has 154 valence electrons. The van der Waals surface area contributed by atoms with Crippen LogP contribution in [0.25, 0.3) is 21.3 Å². The molecule has 0 aliphatic heterocycles. The summed E-state index contributed by atoms with van der Waals surface area (Å²) in [5.74, 6) is -0.774. The van der Waals surface area contributed by atoms with Crippen LogP contribution in [0.4, 0.5) is 5.13 Å². The molecule has 0 spiro atoms. The lowest BCUT2D eigenvalue weighted by atomic mass is 10.2. The molecular weight excluding hydrogens is 410 g/mol. The van der Waals surface area contributed by atoms with E-state index in [4.69, 9.17) is 9.40 Å². The van der Waals surface area contributed by atoms with Crippen molar-refractivity contribution in [1.82, 2.24) is 9.55 Å². The number of thiazole rings is 1. The molecule has 5 aromatic rings. The van der Waals surface area contributed by atoms with E-state index in [2.05, 4.69) is 0 Å². The van der Waals surface area contributed by atoms with Gasteiger partial charge in [0, 0.05) is 0 Å². The molecule has 5 rings (SSSR count). The fourth-order valence-corrected chi connectivity index (χ4v) is 4.66. The molecule has 1 amide bonds. The Kier molecular flexibility index (Phi) is 4.88. The predicted octanol–water partition coefficient (Wildman–Crippen LogP) is 4.75. The van der Waals surface area contributed by atoms with E-state index in [0.717, 1.165) is 21.3 Å². The van der Waals surface area contributed by atoms with E-state index in [0.29, 0.717) is 22.8 Å². The average molecular weight is 430 g/mol. The third kappa shape index (κ3) is 3.64. The number of fused-ring (bicyclic) bond motifs is 2. The summed E-state index contributed by atoms with van der Waals surface area (Å²) in [6.45, 7) is 2.24. The zero-order valence-corrected chi connectivity index (χ0v) is 17.6.